The van der Waals surface area contributed by atoms with E-state index in [2.05, 4.69) is 0 Å². The molecule has 0 heterocycles. The SMILES string of the molecule is CC(O)C(=O)OC(CC(=O)O)C[N+](C)(C)C. The van der Waals surface area contributed by atoms with Crippen LogP contribution in [0.2, 0.25) is 0 Å². The fourth-order valence-electron chi connectivity index (χ4n) is 1.21. The van der Waals surface area contributed by atoms with Gasteiger partial charge in [-0.1, -0.05) is 0 Å². The van der Waals surface area contributed by atoms with Crippen LogP contribution < -0.4 is 0 Å². The zero-order chi connectivity index (χ0) is 12.9. The summed E-state index contributed by atoms with van der Waals surface area (Å²) < 4.78 is 5.39. The fraction of sp³-hybridized carbons (Fsp3) is 0.800. The second kappa shape index (κ2) is 5.81. The van der Waals surface area contributed by atoms with Gasteiger partial charge in [0, 0.05) is 0 Å². The van der Waals surface area contributed by atoms with Crippen LogP contribution in [0.4, 0.5) is 0 Å². The molecule has 6 nitrogen and oxygen atoms in total. The Balaban J connectivity index is 4.43. The Morgan fingerprint density at radius 3 is 2.12 bits per heavy atom. The highest BCUT2D eigenvalue weighted by molar-refractivity contribution is 5.74. The van der Waals surface area contributed by atoms with E-state index >= 15 is 0 Å². The number of nitrogens with zero attached hydrogens (tertiary/aromatic N) is 1. The first-order valence-electron chi connectivity index (χ1n) is 5.02. The predicted molar refractivity (Wildman–Crippen MR) is 56.7 cm³/mol. The van der Waals surface area contributed by atoms with E-state index in [1.54, 1.807) is 0 Å². The number of esters is 1. The molecule has 0 amide bonds. The summed E-state index contributed by atoms with van der Waals surface area (Å²) in [6.45, 7) is 1.66. The number of carbonyl (C=O) groups is 2. The second-order valence-electron chi connectivity index (χ2n) is 4.81. The first-order chi connectivity index (χ1) is 7.11. The monoisotopic (exact) mass is 234 g/mol. The zero-order valence-corrected chi connectivity index (χ0v) is 10.1. The number of carboxylic acid groups (broad SMARTS) is 1. The predicted octanol–water partition coefficient (Wildman–Crippen LogP) is -0.540. The third-order valence-electron chi connectivity index (χ3n) is 1.78. The van der Waals surface area contributed by atoms with Gasteiger partial charge in [-0.2, -0.15) is 0 Å². The zero-order valence-electron chi connectivity index (χ0n) is 10.1. The number of aliphatic carboxylic acids is 1. The summed E-state index contributed by atoms with van der Waals surface area (Å²) in [6.07, 6.45) is -2.21. The van der Waals surface area contributed by atoms with Gasteiger partial charge in [0.05, 0.1) is 27.6 Å². The molecule has 0 saturated carbocycles. The number of carbonyl (C=O) groups excluding carboxylic acids is 1. The maximum atomic E-state index is 11.1. The van der Waals surface area contributed by atoms with Crippen LogP contribution in [-0.2, 0) is 14.3 Å². The lowest BCUT2D eigenvalue weighted by atomic mass is 10.2. The van der Waals surface area contributed by atoms with Gasteiger partial charge in [-0.15, -0.1) is 0 Å². The molecule has 0 rings (SSSR count). The van der Waals surface area contributed by atoms with Crippen molar-refractivity contribution >= 4 is 11.9 Å². The maximum absolute atomic E-state index is 11.1. The van der Waals surface area contributed by atoms with Crippen molar-refractivity contribution < 1.29 is 29.0 Å². The molecular formula is C10H20NO5+. The lowest BCUT2D eigenvalue weighted by molar-refractivity contribution is -0.873. The summed E-state index contributed by atoms with van der Waals surface area (Å²) in [6, 6.07) is 0. The fourth-order valence-corrected chi connectivity index (χ4v) is 1.21. The average Bonchev–Trinajstić information content (AvgIpc) is 1.98. The van der Waals surface area contributed by atoms with E-state index in [1.807, 2.05) is 21.1 Å². The molecular weight excluding hydrogens is 214 g/mol. The van der Waals surface area contributed by atoms with Crippen LogP contribution in [0.15, 0.2) is 0 Å². The third-order valence-corrected chi connectivity index (χ3v) is 1.78. The molecule has 2 N–H and O–H groups in total. The quantitative estimate of drug-likeness (QED) is 0.476. The third kappa shape index (κ3) is 7.19. The van der Waals surface area contributed by atoms with Gasteiger partial charge in [0.1, 0.15) is 12.6 Å². The molecule has 0 bridgehead atoms. The number of rotatable bonds is 6. The van der Waals surface area contributed by atoms with Crippen LogP contribution in [0.5, 0.6) is 0 Å². The van der Waals surface area contributed by atoms with Gasteiger partial charge in [0.25, 0.3) is 0 Å². The molecule has 0 radical (unpaired) electrons. The van der Waals surface area contributed by atoms with Crippen LogP contribution >= 0.6 is 0 Å². The number of carboxylic acids is 1. The van der Waals surface area contributed by atoms with Gasteiger partial charge in [-0.25, -0.2) is 4.79 Å². The number of hydrogen-bond donors (Lipinski definition) is 2. The number of quaternary nitrogens is 1. The molecule has 0 spiro atoms. The Morgan fingerprint density at radius 1 is 1.31 bits per heavy atom. The molecule has 2 unspecified atom stereocenters. The van der Waals surface area contributed by atoms with E-state index in [0.29, 0.717) is 11.0 Å². The second-order valence-corrected chi connectivity index (χ2v) is 4.81. The molecule has 16 heavy (non-hydrogen) atoms. The summed E-state index contributed by atoms with van der Waals surface area (Å²) in [5, 5.41) is 17.6. The van der Waals surface area contributed by atoms with Crippen LogP contribution in [-0.4, -0.2) is 66.5 Å². The van der Waals surface area contributed by atoms with Crippen LogP contribution in [0.25, 0.3) is 0 Å². The van der Waals surface area contributed by atoms with Gasteiger partial charge in [-0.05, 0) is 6.92 Å². The van der Waals surface area contributed by atoms with Crippen molar-refractivity contribution in [1.82, 2.24) is 0 Å². The first-order valence-corrected chi connectivity index (χ1v) is 5.02. The molecule has 0 aromatic rings. The van der Waals surface area contributed by atoms with Crippen molar-refractivity contribution in [3.8, 4) is 0 Å². The number of aliphatic hydroxyl groups is 1. The van der Waals surface area contributed by atoms with E-state index in [4.69, 9.17) is 14.9 Å². The Bertz CT molecular complexity index is 256. The lowest BCUT2D eigenvalue weighted by Crippen LogP contribution is -2.44. The van der Waals surface area contributed by atoms with Crippen molar-refractivity contribution in [2.75, 3.05) is 27.7 Å². The number of ether oxygens (including phenoxy) is 1. The van der Waals surface area contributed by atoms with Crippen molar-refractivity contribution in [3.63, 3.8) is 0 Å². The van der Waals surface area contributed by atoms with Gasteiger partial charge >= 0.3 is 11.9 Å². The minimum absolute atomic E-state index is 0.256. The molecule has 0 aliphatic heterocycles. The molecule has 0 saturated heterocycles. The van der Waals surface area contributed by atoms with Crippen molar-refractivity contribution in [1.29, 1.82) is 0 Å². The molecule has 0 aliphatic carbocycles. The van der Waals surface area contributed by atoms with Gasteiger partial charge in [0.2, 0.25) is 0 Å². The highest BCUT2D eigenvalue weighted by Gasteiger charge is 2.26. The number of aliphatic hydroxyl groups excluding tert-OH is 1. The van der Waals surface area contributed by atoms with E-state index in [1.165, 1.54) is 6.92 Å². The minimum atomic E-state index is -1.23. The summed E-state index contributed by atoms with van der Waals surface area (Å²) >= 11 is 0. The largest absolute Gasteiger partial charge is 0.481 e. The highest BCUT2D eigenvalue weighted by Crippen LogP contribution is 2.06. The van der Waals surface area contributed by atoms with Gasteiger partial charge in [-0.3, -0.25) is 4.79 Å². The molecule has 2 atom stereocenters. The Morgan fingerprint density at radius 2 is 1.81 bits per heavy atom. The van der Waals surface area contributed by atoms with Crippen molar-refractivity contribution in [2.24, 2.45) is 0 Å². The van der Waals surface area contributed by atoms with E-state index in [0.717, 1.165) is 0 Å². The lowest BCUT2D eigenvalue weighted by Gasteiger charge is -2.28. The molecule has 6 heteroatoms. The molecule has 0 fully saturated rings. The summed E-state index contributed by atoms with van der Waals surface area (Å²) in [7, 11) is 5.60. The standard InChI is InChI=1S/C10H19NO5/c1-7(12)10(15)16-8(5-9(13)14)6-11(2,3)4/h7-8,12H,5-6H2,1-4H3/p+1. The summed E-state index contributed by atoms with van der Waals surface area (Å²) in [4.78, 5) is 21.7. The van der Waals surface area contributed by atoms with E-state index < -0.39 is 24.1 Å². The minimum Gasteiger partial charge on any atom is -0.481 e. The van der Waals surface area contributed by atoms with Gasteiger partial charge < -0.3 is 19.4 Å². The molecule has 0 aliphatic rings. The number of hydrogen-bond acceptors (Lipinski definition) is 4. The first kappa shape index (κ1) is 14.9. The van der Waals surface area contributed by atoms with E-state index in [9.17, 15) is 9.59 Å². The molecule has 94 valence electrons. The Hall–Kier alpha value is -1.14. The van der Waals surface area contributed by atoms with Crippen LogP contribution in [0.3, 0.4) is 0 Å². The molecule has 0 aromatic heterocycles. The van der Waals surface area contributed by atoms with Crippen LogP contribution in [0.1, 0.15) is 13.3 Å². The van der Waals surface area contributed by atoms with Crippen LogP contribution in [0, 0.1) is 0 Å². The summed E-state index contributed by atoms with van der Waals surface area (Å²) in [5.74, 6) is -1.82. The van der Waals surface area contributed by atoms with E-state index in [-0.39, 0.29) is 6.42 Å². The normalized spacial score (nSPS) is 15.3. The van der Waals surface area contributed by atoms with Crippen molar-refractivity contribution in [2.45, 2.75) is 25.6 Å². The van der Waals surface area contributed by atoms with Crippen molar-refractivity contribution in [3.05, 3.63) is 0 Å². The Kier molecular flexibility index (Phi) is 5.40. The summed E-state index contributed by atoms with van der Waals surface area (Å²) in [5.41, 5.74) is 0. The highest BCUT2D eigenvalue weighted by atomic mass is 16.6. The number of likely N-dealkylation sites (N-methyl/N-ethyl adjacent to an activating group) is 1. The maximum Gasteiger partial charge on any atom is 0.335 e. The topological polar surface area (TPSA) is 83.8 Å². The smallest absolute Gasteiger partial charge is 0.335 e. The van der Waals surface area contributed by atoms with Gasteiger partial charge in [0.15, 0.2) is 6.10 Å². The Labute approximate surface area is 95.0 Å². The molecule has 0 aromatic carbocycles. The average molecular weight is 234 g/mol.